The van der Waals surface area contributed by atoms with Crippen LogP contribution in [0.4, 0.5) is 5.82 Å². The molecule has 0 bridgehead atoms. The zero-order valence-corrected chi connectivity index (χ0v) is 16.4. The Bertz CT molecular complexity index is 889. The number of benzene rings is 2. The molecule has 1 aromatic heterocycles. The summed E-state index contributed by atoms with van der Waals surface area (Å²) in [5.41, 5.74) is 1.96. The number of hydrogen-bond acceptors (Lipinski definition) is 3. The van der Waals surface area contributed by atoms with Gasteiger partial charge in [-0.05, 0) is 31.2 Å². The van der Waals surface area contributed by atoms with E-state index in [1.807, 2.05) is 31.2 Å². The van der Waals surface area contributed by atoms with Gasteiger partial charge < -0.3 is 5.32 Å². The van der Waals surface area contributed by atoms with Crippen molar-refractivity contribution in [3.8, 4) is 0 Å². The second-order valence-electron chi connectivity index (χ2n) is 5.72. The molecule has 2 aromatic carbocycles. The van der Waals surface area contributed by atoms with E-state index in [1.165, 1.54) is 17.3 Å². The average molecular weight is 406 g/mol. The number of amides is 1. The lowest BCUT2D eigenvalue weighted by atomic mass is 10.2. The van der Waals surface area contributed by atoms with Crippen LogP contribution in [0.3, 0.4) is 0 Å². The molecular formula is C19H17Cl2N3OS. The van der Waals surface area contributed by atoms with Gasteiger partial charge in [0.15, 0.2) is 0 Å². The van der Waals surface area contributed by atoms with E-state index >= 15 is 0 Å². The quantitative estimate of drug-likeness (QED) is 0.567. The number of rotatable bonds is 6. The summed E-state index contributed by atoms with van der Waals surface area (Å²) in [6.45, 7) is 2.42. The van der Waals surface area contributed by atoms with Crippen molar-refractivity contribution in [1.82, 2.24) is 9.78 Å². The molecule has 0 saturated carbocycles. The second-order valence-corrected chi connectivity index (χ2v) is 7.59. The van der Waals surface area contributed by atoms with Crippen LogP contribution in [-0.4, -0.2) is 21.4 Å². The van der Waals surface area contributed by atoms with Crippen molar-refractivity contribution in [2.75, 3.05) is 11.1 Å². The SMILES string of the molecule is Cc1ccc(SCC(=O)Nc2ccnn2Cc2c(Cl)cccc2Cl)cc1. The Morgan fingerprint density at radius 3 is 2.50 bits per heavy atom. The first-order valence-corrected chi connectivity index (χ1v) is 9.71. The Morgan fingerprint density at radius 1 is 1.12 bits per heavy atom. The number of anilines is 1. The van der Waals surface area contributed by atoms with Crippen LogP contribution in [0.2, 0.25) is 10.0 Å². The highest BCUT2D eigenvalue weighted by Gasteiger charge is 2.12. The summed E-state index contributed by atoms with van der Waals surface area (Å²) >= 11 is 13.9. The molecule has 0 atom stereocenters. The number of nitrogens with one attached hydrogen (secondary N) is 1. The Labute approximate surface area is 166 Å². The minimum absolute atomic E-state index is 0.0948. The monoisotopic (exact) mass is 405 g/mol. The van der Waals surface area contributed by atoms with Crippen LogP contribution in [0.5, 0.6) is 0 Å². The van der Waals surface area contributed by atoms with Gasteiger partial charge in [0.25, 0.3) is 0 Å². The lowest BCUT2D eigenvalue weighted by Crippen LogP contribution is -2.18. The number of aryl methyl sites for hydroxylation is 1. The molecule has 0 aliphatic carbocycles. The lowest BCUT2D eigenvalue weighted by molar-refractivity contribution is -0.113. The first-order chi connectivity index (χ1) is 12.5. The van der Waals surface area contributed by atoms with E-state index in [0.29, 0.717) is 28.2 Å². The molecule has 0 fully saturated rings. The van der Waals surface area contributed by atoms with Crippen LogP contribution in [-0.2, 0) is 11.3 Å². The number of carbonyl (C=O) groups excluding carboxylic acids is 1. The van der Waals surface area contributed by atoms with Gasteiger partial charge in [-0.3, -0.25) is 4.79 Å². The Balaban J connectivity index is 1.63. The van der Waals surface area contributed by atoms with E-state index < -0.39 is 0 Å². The number of hydrogen-bond donors (Lipinski definition) is 1. The maximum Gasteiger partial charge on any atom is 0.235 e. The Kier molecular flexibility index (Phi) is 6.25. The van der Waals surface area contributed by atoms with Crippen molar-refractivity contribution >= 4 is 46.7 Å². The minimum atomic E-state index is -0.0948. The highest BCUT2D eigenvalue weighted by atomic mass is 35.5. The molecular weight excluding hydrogens is 389 g/mol. The van der Waals surface area contributed by atoms with E-state index in [1.54, 1.807) is 35.1 Å². The van der Waals surface area contributed by atoms with Gasteiger partial charge in [-0.2, -0.15) is 5.10 Å². The van der Waals surface area contributed by atoms with Crippen LogP contribution in [0.15, 0.2) is 59.6 Å². The average Bonchev–Trinajstić information content (AvgIpc) is 3.04. The highest BCUT2D eigenvalue weighted by molar-refractivity contribution is 8.00. The number of halogens is 2. The molecule has 1 N–H and O–H groups in total. The van der Waals surface area contributed by atoms with Crippen molar-refractivity contribution in [1.29, 1.82) is 0 Å². The van der Waals surface area contributed by atoms with Crippen molar-refractivity contribution in [2.24, 2.45) is 0 Å². The predicted octanol–water partition coefficient (Wildman–Crippen LogP) is 5.28. The lowest BCUT2D eigenvalue weighted by Gasteiger charge is -2.11. The molecule has 26 heavy (non-hydrogen) atoms. The summed E-state index contributed by atoms with van der Waals surface area (Å²) in [4.78, 5) is 13.3. The van der Waals surface area contributed by atoms with Crippen molar-refractivity contribution < 1.29 is 4.79 Å². The van der Waals surface area contributed by atoms with E-state index in [-0.39, 0.29) is 5.91 Å². The highest BCUT2D eigenvalue weighted by Crippen LogP contribution is 2.26. The van der Waals surface area contributed by atoms with Gasteiger partial charge in [0.1, 0.15) is 5.82 Å². The Hall–Kier alpha value is -1.95. The molecule has 3 rings (SSSR count). The molecule has 4 nitrogen and oxygen atoms in total. The molecule has 0 unspecified atom stereocenters. The topological polar surface area (TPSA) is 46.9 Å². The smallest absolute Gasteiger partial charge is 0.235 e. The van der Waals surface area contributed by atoms with Crippen LogP contribution in [0.25, 0.3) is 0 Å². The zero-order valence-electron chi connectivity index (χ0n) is 14.1. The van der Waals surface area contributed by atoms with Crippen LogP contribution in [0, 0.1) is 6.92 Å². The second kappa shape index (κ2) is 8.62. The van der Waals surface area contributed by atoms with E-state index in [4.69, 9.17) is 23.2 Å². The van der Waals surface area contributed by atoms with Crippen molar-refractivity contribution in [3.05, 3.63) is 75.9 Å². The number of aromatic nitrogens is 2. The third-order valence-electron chi connectivity index (χ3n) is 3.74. The third kappa shape index (κ3) is 4.81. The van der Waals surface area contributed by atoms with E-state index in [2.05, 4.69) is 10.4 Å². The maximum atomic E-state index is 12.3. The van der Waals surface area contributed by atoms with Gasteiger partial charge in [0, 0.05) is 26.6 Å². The number of carbonyl (C=O) groups is 1. The van der Waals surface area contributed by atoms with Gasteiger partial charge in [-0.15, -0.1) is 11.8 Å². The van der Waals surface area contributed by atoms with Gasteiger partial charge in [-0.1, -0.05) is 47.0 Å². The van der Waals surface area contributed by atoms with Crippen molar-refractivity contribution in [2.45, 2.75) is 18.4 Å². The number of nitrogens with zero attached hydrogens (tertiary/aromatic N) is 2. The first kappa shape index (κ1) is 18.8. The largest absolute Gasteiger partial charge is 0.310 e. The molecule has 0 aliphatic rings. The van der Waals surface area contributed by atoms with Gasteiger partial charge in [0.2, 0.25) is 5.91 Å². The van der Waals surface area contributed by atoms with Crippen molar-refractivity contribution in [3.63, 3.8) is 0 Å². The molecule has 0 saturated heterocycles. The molecule has 0 aliphatic heterocycles. The zero-order chi connectivity index (χ0) is 18.5. The standard InChI is InChI=1S/C19H17Cl2N3OS/c1-13-5-7-14(8-6-13)26-12-19(25)23-18-9-10-22-24(18)11-15-16(20)3-2-4-17(15)21/h2-10H,11-12H2,1H3,(H,23,25). The maximum absolute atomic E-state index is 12.3. The summed E-state index contributed by atoms with van der Waals surface area (Å²) in [6.07, 6.45) is 1.63. The van der Waals surface area contributed by atoms with Crippen LogP contribution < -0.4 is 5.32 Å². The molecule has 0 radical (unpaired) electrons. The van der Waals surface area contributed by atoms with Gasteiger partial charge >= 0.3 is 0 Å². The number of thioether (sulfide) groups is 1. The third-order valence-corrected chi connectivity index (χ3v) is 5.46. The summed E-state index contributed by atoms with van der Waals surface area (Å²) in [7, 11) is 0. The summed E-state index contributed by atoms with van der Waals surface area (Å²) in [6, 6.07) is 15.2. The molecule has 134 valence electrons. The van der Waals surface area contributed by atoms with Gasteiger partial charge in [0.05, 0.1) is 18.5 Å². The molecule has 3 aromatic rings. The fourth-order valence-electron chi connectivity index (χ4n) is 2.36. The fourth-order valence-corrected chi connectivity index (χ4v) is 3.58. The summed E-state index contributed by atoms with van der Waals surface area (Å²) in [5, 5.41) is 8.28. The summed E-state index contributed by atoms with van der Waals surface area (Å²) < 4.78 is 1.67. The van der Waals surface area contributed by atoms with Crippen LogP contribution >= 0.6 is 35.0 Å². The molecule has 7 heteroatoms. The minimum Gasteiger partial charge on any atom is -0.310 e. The Morgan fingerprint density at radius 2 is 1.81 bits per heavy atom. The van der Waals surface area contributed by atoms with E-state index in [9.17, 15) is 4.79 Å². The van der Waals surface area contributed by atoms with Gasteiger partial charge in [-0.25, -0.2) is 4.68 Å². The fraction of sp³-hybridized carbons (Fsp3) is 0.158. The normalized spacial score (nSPS) is 10.7. The predicted molar refractivity (Wildman–Crippen MR) is 108 cm³/mol. The van der Waals surface area contributed by atoms with E-state index in [0.717, 1.165) is 10.5 Å². The molecule has 1 heterocycles. The van der Waals surface area contributed by atoms with Crippen LogP contribution in [0.1, 0.15) is 11.1 Å². The molecule has 0 spiro atoms. The molecule has 1 amide bonds. The summed E-state index contributed by atoms with van der Waals surface area (Å²) in [5.74, 6) is 0.833. The first-order valence-electron chi connectivity index (χ1n) is 7.97.